The van der Waals surface area contributed by atoms with Crippen molar-refractivity contribution in [1.29, 1.82) is 0 Å². The highest BCUT2D eigenvalue weighted by Crippen LogP contribution is 2.29. The highest BCUT2D eigenvalue weighted by Gasteiger charge is 2.27. The second-order valence-electron chi connectivity index (χ2n) is 6.43. The number of hydrogen-bond acceptors (Lipinski definition) is 4. The lowest BCUT2D eigenvalue weighted by atomic mass is 9.86. The minimum absolute atomic E-state index is 0.0434. The summed E-state index contributed by atoms with van der Waals surface area (Å²) in [6, 6.07) is 0. The lowest BCUT2D eigenvalue weighted by Crippen LogP contribution is -2.42. The molecule has 1 aliphatic rings. The van der Waals surface area contributed by atoms with Crippen LogP contribution in [0.2, 0.25) is 0 Å². The number of thiol groups is 1. The molecule has 0 bridgehead atoms. The molecule has 0 spiro atoms. The summed E-state index contributed by atoms with van der Waals surface area (Å²) in [4.78, 5) is 11.8. The Bertz CT molecular complexity index is 451. The standard InChI is InChI=1S/C16H25N2OS2/c1-15(2,11-16(3,20)18-21)12-17-14(19)13-9-7-5-4-6-8-10-13/h5,7-10,18,20H,4,6,11-12H2,1-3H3,(H,17,19)/q-1/b7-5-,10-8-,13-9+. The summed E-state index contributed by atoms with van der Waals surface area (Å²) in [5, 5.41) is 3.00. The van der Waals surface area contributed by atoms with E-state index < -0.39 is 4.87 Å². The third-order valence-electron chi connectivity index (χ3n) is 3.24. The summed E-state index contributed by atoms with van der Waals surface area (Å²) in [6.45, 7) is 6.71. The summed E-state index contributed by atoms with van der Waals surface area (Å²) < 4.78 is 2.77. The van der Waals surface area contributed by atoms with Gasteiger partial charge in [-0.05, 0) is 37.7 Å². The maximum Gasteiger partial charge on any atom is 0.251 e. The predicted octanol–water partition coefficient (Wildman–Crippen LogP) is 3.05. The van der Waals surface area contributed by atoms with Gasteiger partial charge in [0.15, 0.2) is 0 Å². The summed E-state index contributed by atoms with van der Waals surface area (Å²) >= 11 is 9.38. The molecule has 0 saturated heterocycles. The first kappa shape index (κ1) is 18.4. The number of nitrogens with one attached hydrogen (secondary N) is 2. The van der Waals surface area contributed by atoms with Gasteiger partial charge in [0.25, 0.3) is 5.91 Å². The van der Waals surface area contributed by atoms with E-state index in [0.717, 1.165) is 19.3 Å². The van der Waals surface area contributed by atoms with Gasteiger partial charge in [0, 0.05) is 17.0 Å². The van der Waals surface area contributed by atoms with Crippen molar-refractivity contribution in [3.05, 3.63) is 36.0 Å². The molecule has 0 fully saturated rings. The normalized spacial score (nSPS) is 24.0. The molecule has 21 heavy (non-hydrogen) atoms. The van der Waals surface area contributed by atoms with Gasteiger partial charge in [-0.1, -0.05) is 38.2 Å². The molecule has 0 radical (unpaired) electrons. The van der Waals surface area contributed by atoms with Gasteiger partial charge in [-0.2, -0.15) is 12.6 Å². The largest absolute Gasteiger partial charge is 0.704 e. The maximum atomic E-state index is 12.2. The zero-order valence-electron chi connectivity index (χ0n) is 13.0. The Labute approximate surface area is 139 Å². The Balaban J connectivity index is 2.59. The van der Waals surface area contributed by atoms with Gasteiger partial charge >= 0.3 is 0 Å². The van der Waals surface area contributed by atoms with Crippen molar-refractivity contribution in [1.82, 2.24) is 10.0 Å². The molecule has 2 N–H and O–H groups in total. The second-order valence-corrected chi connectivity index (χ2v) is 7.62. The number of hydrogen-bond donors (Lipinski definition) is 3. The van der Waals surface area contributed by atoms with Crippen molar-refractivity contribution in [2.75, 3.05) is 6.54 Å². The molecule has 0 aromatic heterocycles. The fourth-order valence-electron chi connectivity index (χ4n) is 2.33. The van der Waals surface area contributed by atoms with Gasteiger partial charge in [0.1, 0.15) is 0 Å². The molecule has 3 nitrogen and oxygen atoms in total. The monoisotopic (exact) mass is 325 g/mol. The molecule has 1 amide bonds. The van der Waals surface area contributed by atoms with E-state index in [0.29, 0.717) is 12.1 Å². The van der Waals surface area contributed by atoms with E-state index in [2.05, 4.69) is 42.6 Å². The minimum atomic E-state index is -0.425. The predicted molar refractivity (Wildman–Crippen MR) is 94.9 cm³/mol. The topological polar surface area (TPSA) is 41.1 Å². The zero-order valence-corrected chi connectivity index (χ0v) is 14.7. The molecule has 1 unspecified atom stereocenters. The van der Waals surface area contributed by atoms with Crippen molar-refractivity contribution >= 4 is 31.4 Å². The van der Waals surface area contributed by atoms with E-state index in [1.807, 2.05) is 31.2 Å². The summed E-state index contributed by atoms with van der Waals surface area (Å²) in [5.74, 6) is -0.0434. The van der Waals surface area contributed by atoms with Crippen molar-refractivity contribution in [2.24, 2.45) is 5.41 Å². The SMILES string of the molecule is CC(C)(CNC(=O)C1=C/C=C\CC/C=C\1)CC(C)(S)N[S-]. The van der Waals surface area contributed by atoms with E-state index >= 15 is 0 Å². The van der Waals surface area contributed by atoms with Gasteiger partial charge in [0.2, 0.25) is 0 Å². The molecule has 0 heterocycles. The van der Waals surface area contributed by atoms with Gasteiger partial charge in [-0.3, -0.25) is 4.79 Å². The van der Waals surface area contributed by atoms with Crippen LogP contribution in [0.4, 0.5) is 0 Å². The molecule has 0 aliphatic heterocycles. The average Bonchev–Trinajstić information content (AvgIpc) is 2.34. The summed E-state index contributed by atoms with van der Waals surface area (Å²) in [5.41, 5.74) is 0.594. The zero-order chi connectivity index (χ0) is 15.9. The Morgan fingerprint density at radius 1 is 1.33 bits per heavy atom. The number of carbonyl (C=O) groups excluding carboxylic acids is 1. The smallest absolute Gasteiger partial charge is 0.251 e. The molecule has 5 heteroatoms. The maximum absolute atomic E-state index is 12.2. The third-order valence-corrected chi connectivity index (χ3v) is 4.11. The van der Waals surface area contributed by atoms with Crippen molar-refractivity contribution in [3.8, 4) is 0 Å². The van der Waals surface area contributed by atoms with E-state index in [-0.39, 0.29) is 11.3 Å². The average molecular weight is 326 g/mol. The highest BCUT2D eigenvalue weighted by atomic mass is 32.1. The Morgan fingerprint density at radius 3 is 2.67 bits per heavy atom. The first-order valence-electron chi connectivity index (χ1n) is 7.19. The third kappa shape index (κ3) is 7.25. The van der Waals surface area contributed by atoms with Crippen LogP contribution < -0.4 is 10.0 Å². The fraction of sp³-hybridized carbons (Fsp3) is 0.562. The second kappa shape index (κ2) is 8.11. The molecule has 118 valence electrons. The van der Waals surface area contributed by atoms with Crippen LogP contribution in [0, 0.1) is 5.41 Å². The van der Waals surface area contributed by atoms with Crippen LogP contribution in [-0.4, -0.2) is 17.3 Å². The summed E-state index contributed by atoms with van der Waals surface area (Å²) in [6.07, 6.45) is 12.5. The van der Waals surface area contributed by atoms with Gasteiger partial charge in [0.05, 0.1) is 0 Å². The number of rotatable bonds is 6. The van der Waals surface area contributed by atoms with Crippen LogP contribution in [0.15, 0.2) is 36.0 Å². The quantitative estimate of drug-likeness (QED) is 0.399. The van der Waals surface area contributed by atoms with E-state index in [1.165, 1.54) is 0 Å². The van der Waals surface area contributed by atoms with E-state index in [1.54, 1.807) is 0 Å². The first-order chi connectivity index (χ1) is 9.76. The molecular formula is C16H25N2OS2-. The van der Waals surface area contributed by atoms with Crippen LogP contribution in [0.25, 0.3) is 0 Å². The van der Waals surface area contributed by atoms with Crippen LogP contribution in [0.1, 0.15) is 40.0 Å². The molecule has 1 aliphatic carbocycles. The first-order valence-corrected chi connectivity index (χ1v) is 8.05. The van der Waals surface area contributed by atoms with Crippen molar-refractivity contribution in [2.45, 2.75) is 44.9 Å². The van der Waals surface area contributed by atoms with Gasteiger partial charge in [-0.15, -0.1) is 0 Å². The van der Waals surface area contributed by atoms with Crippen LogP contribution in [0.5, 0.6) is 0 Å². The van der Waals surface area contributed by atoms with Gasteiger partial charge < -0.3 is 22.9 Å². The molecule has 0 aromatic rings. The molecule has 0 saturated carbocycles. The Morgan fingerprint density at radius 2 is 2.00 bits per heavy atom. The molecule has 0 aromatic carbocycles. The molecular weight excluding hydrogens is 300 g/mol. The van der Waals surface area contributed by atoms with Crippen molar-refractivity contribution in [3.63, 3.8) is 0 Å². The summed E-state index contributed by atoms with van der Waals surface area (Å²) in [7, 11) is 0. The van der Waals surface area contributed by atoms with Crippen LogP contribution >= 0.6 is 12.6 Å². The molecule has 1 rings (SSSR count). The number of carbonyl (C=O) groups is 1. The van der Waals surface area contributed by atoms with E-state index in [4.69, 9.17) is 12.8 Å². The minimum Gasteiger partial charge on any atom is -0.704 e. The number of amides is 1. The van der Waals surface area contributed by atoms with Gasteiger partial charge in [-0.25, -0.2) is 0 Å². The fourth-order valence-corrected chi connectivity index (χ4v) is 2.83. The lowest BCUT2D eigenvalue weighted by molar-refractivity contribution is -0.117. The van der Waals surface area contributed by atoms with Crippen LogP contribution in [-0.2, 0) is 17.6 Å². The Kier molecular flexibility index (Phi) is 7.10. The number of allylic oxidation sites excluding steroid dienone is 4. The molecule has 1 atom stereocenters. The highest BCUT2D eigenvalue weighted by molar-refractivity contribution is 7.82. The lowest BCUT2D eigenvalue weighted by Gasteiger charge is -2.38. The van der Waals surface area contributed by atoms with Crippen molar-refractivity contribution < 1.29 is 4.79 Å². The van der Waals surface area contributed by atoms with Crippen LogP contribution in [0.3, 0.4) is 0 Å². The Hall–Kier alpha value is -0.650. The van der Waals surface area contributed by atoms with E-state index in [9.17, 15) is 4.79 Å².